The van der Waals surface area contributed by atoms with E-state index in [0.717, 1.165) is 25.6 Å². The van der Waals surface area contributed by atoms with Crippen LogP contribution in [0.1, 0.15) is 33.1 Å². The Bertz CT molecular complexity index is 204. The van der Waals surface area contributed by atoms with Gasteiger partial charge in [-0.3, -0.25) is 4.90 Å². The largest absolute Gasteiger partial charge is 0.377 e. The van der Waals surface area contributed by atoms with Crippen LogP contribution >= 0.6 is 0 Å². The Balaban J connectivity index is 1.77. The topological polar surface area (TPSA) is 24.5 Å². The molecule has 2 rings (SSSR count). The maximum Gasteiger partial charge on any atom is 0.0702 e. The van der Waals surface area contributed by atoms with Crippen LogP contribution in [0.25, 0.3) is 0 Å². The van der Waals surface area contributed by atoms with E-state index in [1.165, 1.54) is 32.4 Å². The summed E-state index contributed by atoms with van der Waals surface area (Å²) in [6.45, 7) is 10.3. The third-order valence-electron chi connectivity index (χ3n) is 4.11. The molecule has 94 valence electrons. The molecule has 3 atom stereocenters. The van der Waals surface area contributed by atoms with Gasteiger partial charge in [-0.25, -0.2) is 0 Å². The molecular formula is C13H26N2O. The monoisotopic (exact) mass is 226 g/mol. The molecular weight excluding hydrogens is 200 g/mol. The van der Waals surface area contributed by atoms with Gasteiger partial charge in [0.05, 0.1) is 6.10 Å². The highest BCUT2D eigenvalue weighted by Crippen LogP contribution is 2.16. The zero-order valence-corrected chi connectivity index (χ0v) is 10.7. The quantitative estimate of drug-likeness (QED) is 0.786. The van der Waals surface area contributed by atoms with Crippen molar-refractivity contribution in [2.45, 2.75) is 45.3 Å². The molecule has 0 bridgehead atoms. The van der Waals surface area contributed by atoms with Crippen LogP contribution in [0.3, 0.4) is 0 Å². The Morgan fingerprint density at radius 2 is 2.38 bits per heavy atom. The molecule has 0 saturated carbocycles. The highest BCUT2D eigenvalue weighted by atomic mass is 16.5. The second kappa shape index (κ2) is 5.99. The molecule has 0 aromatic rings. The Kier molecular flexibility index (Phi) is 4.62. The second-order valence-electron chi connectivity index (χ2n) is 5.34. The van der Waals surface area contributed by atoms with E-state index in [-0.39, 0.29) is 0 Å². The Labute approximate surface area is 99.5 Å². The van der Waals surface area contributed by atoms with Crippen LogP contribution in [-0.4, -0.2) is 49.8 Å². The Hall–Kier alpha value is -0.120. The second-order valence-corrected chi connectivity index (χ2v) is 5.34. The predicted molar refractivity (Wildman–Crippen MR) is 66.7 cm³/mol. The number of rotatable bonds is 4. The normalized spacial score (nSPS) is 34.1. The van der Waals surface area contributed by atoms with E-state index in [1.807, 2.05) is 0 Å². The third kappa shape index (κ3) is 3.19. The Morgan fingerprint density at radius 3 is 3.06 bits per heavy atom. The number of nitrogens with one attached hydrogen (secondary N) is 1. The van der Waals surface area contributed by atoms with E-state index < -0.39 is 0 Å². The number of piperazine rings is 1. The summed E-state index contributed by atoms with van der Waals surface area (Å²) in [6, 6.07) is 0.681. The zero-order valence-electron chi connectivity index (χ0n) is 10.7. The van der Waals surface area contributed by atoms with Crippen molar-refractivity contribution in [3.05, 3.63) is 0 Å². The highest BCUT2D eigenvalue weighted by molar-refractivity contribution is 4.83. The first-order valence-electron chi connectivity index (χ1n) is 6.87. The fraction of sp³-hybridized carbons (Fsp3) is 1.00. The van der Waals surface area contributed by atoms with E-state index in [2.05, 4.69) is 24.1 Å². The Morgan fingerprint density at radius 1 is 1.50 bits per heavy atom. The average Bonchev–Trinajstić information content (AvgIpc) is 2.81. The summed E-state index contributed by atoms with van der Waals surface area (Å²) in [5.74, 6) is 0.785. The standard InChI is InChI=1S/C13H26N2O/c1-3-11(2)13-10-15(7-6-14-13)9-12-5-4-8-16-12/h11-14H,3-10H2,1-2H3. The fourth-order valence-corrected chi connectivity index (χ4v) is 2.75. The van der Waals surface area contributed by atoms with Gasteiger partial charge in [-0.15, -0.1) is 0 Å². The molecule has 2 fully saturated rings. The molecule has 0 amide bonds. The summed E-state index contributed by atoms with van der Waals surface area (Å²) in [7, 11) is 0. The van der Waals surface area contributed by atoms with Crippen molar-refractivity contribution in [3.8, 4) is 0 Å². The van der Waals surface area contributed by atoms with E-state index in [1.54, 1.807) is 0 Å². The lowest BCUT2D eigenvalue weighted by atomic mass is 9.97. The van der Waals surface area contributed by atoms with E-state index in [4.69, 9.17) is 4.74 Å². The summed E-state index contributed by atoms with van der Waals surface area (Å²) >= 11 is 0. The van der Waals surface area contributed by atoms with Crippen molar-refractivity contribution in [2.24, 2.45) is 5.92 Å². The van der Waals surface area contributed by atoms with Crippen molar-refractivity contribution in [1.29, 1.82) is 0 Å². The van der Waals surface area contributed by atoms with Crippen molar-refractivity contribution < 1.29 is 4.74 Å². The molecule has 2 aliphatic rings. The molecule has 1 N–H and O–H groups in total. The van der Waals surface area contributed by atoms with Crippen molar-refractivity contribution >= 4 is 0 Å². The fourth-order valence-electron chi connectivity index (χ4n) is 2.75. The lowest BCUT2D eigenvalue weighted by Gasteiger charge is -2.37. The molecule has 16 heavy (non-hydrogen) atoms. The first-order chi connectivity index (χ1) is 7.79. The van der Waals surface area contributed by atoms with E-state index >= 15 is 0 Å². The summed E-state index contributed by atoms with van der Waals surface area (Å²) in [5.41, 5.74) is 0. The van der Waals surface area contributed by atoms with Gasteiger partial charge in [-0.05, 0) is 18.8 Å². The van der Waals surface area contributed by atoms with Gasteiger partial charge in [-0.2, -0.15) is 0 Å². The van der Waals surface area contributed by atoms with Crippen LogP contribution < -0.4 is 5.32 Å². The van der Waals surface area contributed by atoms with Crippen LogP contribution in [0.4, 0.5) is 0 Å². The molecule has 2 aliphatic heterocycles. The minimum Gasteiger partial charge on any atom is -0.377 e. The van der Waals surface area contributed by atoms with Gasteiger partial charge < -0.3 is 10.1 Å². The molecule has 0 aliphatic carbocycles. The lowest BCUT2D eigenvalue weighted by Crippen LogP contribution is -2.54. The molecule has 2 saturated heterocycles. The first-order valence-corrected chi connectivity index (χ1v) is 6.87. The van der Waals surface area contributed by atoms with Gasteiger partial charge in [0, 0.05) is 38.8 Å². The summed E-state index contributed by atoms with van der Waals surface area (Å²) in [5, 5.41) is 3.64. The minimum absolute atomic E-state index is 0.510. The van der Waals surface area contributed by atoms with Gasteiger partial charge in [0.2, 0.25) is 0 Å². The molecule has 3 unspecified atom stereocenters. The number of hydrogen-bond acceptors (Lipinski definition) is 3. The van der Waals surface area contributed by atoms with Gasteiger partial charge in [0.15, 0.2) is 0 Å². The van der Waals surface area contributed by atoms with Crippen molar-refractivity contribution in [2.75, 3.05) is 32.8 Å². The smallest absolute Gasteiger partial charge is 0.0702 e. The summed E-state index contributed by atoms with van der Waals surface area (Å²) < 4.78 is 5.72. The van der Waals surface area contributed by atoms with Crippen molar-refractivity contribution in [1.82, 2.24) is 10.2 Å². The molecule has 0 spiro atoms. The summed E-state index contributed by atoms with van der Waals surface area (Å²) in [4.78, 5) is 2.59. The number of nitrogens with zero attached hydrogens (tertiary/aromatic N) is 1. The molecule has 3 heteroatoms. The number of ether oxygens (including phenoxy) is 1. The van der Waals surface area contributed by atoms with Gasteiger partial charge in [0.25, 0.3) is 0 Å². The molecule has 0 aromatic heterocycles. The molecule has 0 aromatic carbocycles. The molecule has 0 radical (unpaired) electrons. The predicted octanol–water partition coefficient (Wildman–Crippen LogP) is 1.49. The van der Waals surface area contributed by atoms with Crippen LogP contribution in [0.2, 0.25) is 0 Å². The van der Waals surface area contributed by atoms with Gasteiger partial charge in [-0.1, -0.05) is 20.3 Å². The van der Waals surface area contributed by atoms with E-state index in [0.29, 0.717) is 12.1 Å². The SMILES string of the molecule is CCC(C)C1CN(CC2CCCO2)CCN1. The van der Waals surface area contributed by atoms with Crippen LogP contribution in [-0.2, 0) is 4.74 Å². The average molecular weight is 226 g/mol. The summed E-state index contributed by atoms with van der Waals surface area (Å²) in [6.07, 6.45) is 4.30. The first kappa shape index (κ1) is 12.3. The minimum atomic E-state index is 0.510. The van der Waals surface area contributed by atoms with Gasteiger partial charge >= 0.3 is 0 Å². The molecule has 3 nitrogen and oxygen atoms in total. The van der Waals surface area contributed by atoms with Crippen LogP contribution in [0, 0.1) is 5.92 Å². The maximum atomic E-state index is 5.72. The number of hydrogen-bond donors (Lipinski definition) is 1. The maximum absolute atomic E-state index is 5.72. The van der Waals surface area contributed by atoms with E-state index in [9.17, 15) is 0 Å². The highest BCUT2D eigenvalue weighted by Gasteiger charge is 2.26. The molecule has 2 heterocycles. The zero-order chi connectivity index (χ0) is 11.4. The van der Waals surface area contributed by atoms with Crippen LogP contribution in [0.15, 0.2) is 0 Å². The van der Waals surface area contributed by atoms with Crippen LogP contribution in [0.5, 0.6) is 0 Å². The van der Waals surface area contributed by atoms with Crippen molar-refractivity contribution in [3.63, 3.8) is 0 Å². The van der Waals surface area contributed by atoms with Gasteiger partial charge in [0.1, 0.15) is 0 Å². The third-order valence-corrected chi connectivity index (χ3v) is 4.11. The lowest BCUT2D eigenvalue weighted by molar-refractivity contribution is 0.0578.